The van der Waals surface area contributed by atoms with Gasteiger partial charge < -0.3 is 14.6 Å². The van der Waals surface area contributed by atoms with Crippen LogP contribution in [0.15, 0.2) is 164 Å². The molecule has 0 saturated carbocycles. The molecule has 0 fully saturated rings. The van der Waals surface area contributed by atoms with Gasteiger partial charge in [-0.25, -0.2) is 0 Å². The van der Waals surface area contributed by atoms with E-state index in [4.69, 9.17) is 0 Å². The van der Waals surface area contributed by atoms with Gasteiger partial charge in [0, 0.05) is 56.5 Å². The van der Waals surface area contributed by atoms with Crippen LogP contribution in [-0.2, 0) is 37.9 Å². The summed E-state index contributed by atoms with van der Waals surface area (Å²) in [4.78, 5) is 8.07. The fourth-order valence-corrected chi connectivity index (χ4v) is 15.9. The molecule has 3 aliphatic carbocycles. The van der Waals surface area contributed by atoms with Gasteiger partial charge in [0.05, 0.1) is 0 Å². The molecule has 0 radical (unpaired) electrons. The van der Waals surface area contributed by atoms with Gasteiger partial charge in [0.25, 0.3) is 0 Å². The maximum atomic E-state index is 2.82. The zero-order valence-electron chi connectivity index (χ0n) is 53.3. The van der Waals surface area contributed by atoms with Crippen LogP contribution in [0, 0.1) is 6.92 Å². The van der Waals surface area contributed by atoms with Gasteiger partial charge in [-0.2, -0.15) is 0 Å². The number of aryl methyl sites for hydroxylation is 1. The first-order valence-electron chi connectivity index (χ1n) is 31.4. The summed E-state index contributed by atoms with van der Waals surface area (Å²) in [6.45, 7) is 40.8. The molecule has 3 nitrogen and oxygen atoms in total. The largest absolute Gasteiger partial charge is 0.376 e. The molecule has 0 amide bonds. The Bertz CT molecular complexity index is 4230. The molecule has 0 unspecified atom stereocenters. The molecule has 0 spiro atoms. The predicted molar refractivity (Wildman–Crippen MR) is 363 cm³/mol. The van der Waals surface area contributed by atoms with Gasteiger partial charge in [-0.3, -0.25) is 0 Å². The number of hydrogen-bond acceptors (Lipinski definition) is 3. The third kappa shape index (κ3) is 8.18. The van der Waals surface area contributed by atoms with Gasteiger partial charge in [-0.15, -0.1) is 0 Å². The Hall–Kier alpha value is -7.30. The fraction of sp³-hybridized carbons (Fsp3) is 0.350. The summed E-state index contributed by atoms with van der Waals surface area (Å²) in [5, 5.41) is 2.56. The Labute approximate surface area is 503 Å². The Morgan fingerprint density at radius 1 is 0.417 bits per heavy atom. The highest BCUT2D eigenvalue weighted by atomic mass is 15.2. The molecular formula is C80H86BN3. The highest BCUT2D eigenvalue weighted by Crippen LogP contribution is 2.58. The minimum absolute atomic E-state index is 0.00500. The summed E-state index contributed by atoms with van der Waals surface area (Å²) in [5.74, 6) is 0. The molecule has 2 aliphatic heterocycles. The number of rotatable bonds is 5. The van der Waals surface area contributed by atoms with Crippen molar-refractivity contribution in [3.05, 3.63) is 214 Å². The zero-order chi connectivity index (χ0) is 59.2. The van der Waals surface area contributed by atoms with Gasteiger partial charge in [-0.05, 0) is 232 Å². The molecular weight excluding hydrogens is 1010 g/mol. The van der Waals surface area contributed by atoms with Gasteiger partial charge in [-0.1, -0.05) is 196 Å². The van der Waals surface area contributed by atoms with Crippen LogP contribution in [-0.4, -0.2) is 6.85 Å². The third-order valence-electron chi connectivity index (χ3n) is 21.4. The van der Waals surface area contributed by atoms with E-state index in [1.807, 2.05) is 0 Å². The second kappa shape index (κ2) is 18.1. The number of benzene rings is 9. The van der Waals surface area contributed by atoms with Crippen molar-refractivity contribution in [2.75, 3.05) is 14.6 Å². The summed E-state index contributed by atoms with van der Waals surface area (Å²) in [6, 6.07) is 65.4. The Kier molecular flexibility index (Phi) is 11.8. The van der Waals surface area contributed by atoms with Crippen molar-refractivity contribution in [3.8, 4) is 22.3 Å². The maximum Gasteiger partial charge on any atom is 0.333 e. The first-order valence-corrected chi connectivity index (χ1v) is 31.4. The minimum atomic E-state index is -0.210. The molecule has 0 atom stereocenters. The van der Waals surface area contributed by atoms with E-state index in [2.05, 4.69) is 296 Å². The smallest absolute Gasteiger partial charge is 0.333 e. The lowest BCUT2D eigenvalue weighted by molar-refractivity contribution is 0.332. The highest BCUT2D eigenvalue weighted by Gasteiger charge is 2.49. The zero-order valence-corrected chi connectivity index (χ0v) is 53.3. The normalized spacial score (nSPS) is 18.0. The molecule has 84 heavy (non-hydrogen) atoms. The number of nitrogens with zero attached hydrogens (tertiary/aromatic N) is 3. The molecule has 0 bridgehead atoms. The van der Waals surface area contributed by atoms with Crippen LogP contribution in [0.25, 0.3) is 33.0 Å². The summed E-state index contributed by atoms with van der Waals surface area (Å²) in [7, 11) is 0. The molecule has 4 heteroatoms. The fourth-order valence-electron chi connectivity index (χ4n) is 15.9. The van der Waals surface area contributed by atoms with Crippen LogP contribution in [0.5, 0.6) is 0 Å². The Morgan fingerprint density at radius 2 is 1.02 bits per heavy atom. The van der Waals surface area contributed by atoms with E-state index in [1.54, 1.807) is 0 Å². The second-order valence-electron chi connectivity index (χ2n) is 31.2. The van der Waals surface area contributed by atoms with Crippen molar-refractivity contribution < 1.29 is 0 Å². The Morgan fingerprint density at radius 3 is 1.71 bits per heavy atom. The molecule has 424 valence electrons. The molecule has 0 saturated heterocycles. The second-order valence-corrected chi connectivity index (χ2v) is 31.2. The van der Waals surface area contributed by atoms with Gasteiger partial charge in [0.2, 0.25) is 0 Å². The highest BCUT2D eigenvalue weighted by molar-refractivity contribution is 6.94. The van der Waals surface area contributed by atoms with E-state index < -0.39 is 0 Å². The van der Waals surface area contributed by atoms with E-state index >= 15 is 0 Å². The summed E-state index contributed by atoms with van der Waals surface area (Å²) >= 11 is 0. The first-order chi connectivity index (χ1) is 39.5. The quantitative estimate of drug-likeness (QED) is 0.159. The predicted octanol–water partition coefficient (Wildman–Crippen LogP) is 20.9. The van der Waals surface area contributed by atoms with Crippen LogP contribution in [0.4, 0.5) is 45.5 Å². The van der Waals surface area contributed by atoms with Crippen molar-refractivity contribution in [3.63, 3.8) is 0 Å². The van der Waals surface area contributed by atoms with Gasteiger partial charge in [0.1, 0.15) is 0 Å². The van der Waals surface area contributed by atoms with E-state index in [-0.39, 0.29) is 44.8 Å². The molecule has 9 aromatic rings. The lowest BCUT2D eigenvalue weighted by Crippen LogP contribution is -2.61. The summed E-state index contributed by atoms with van der Waals surface area (Å²) < 4.78 is 0. The maximum absolute atomic E-state index is 2.82. The van der Waals surface area contributed by atoms with Crippen LogP contribution < -0.4 is 25.5 Å². The standard InChI is InChI=1S/C80H86BN3/c1-49-41-64-66(79(14,15)40-39-77(64,10)11)48-69(49)83-68-36-34-55(82(53-31-29-51(30-32-53)74(2,3)4)54-25-22-24-52(43-54)75(5,6)7)45-67(68)81-73-71(83)42-50-23-18-19-26-57(50)72(73)60-46-63-59(58-27-20-21-28-61(58)80(63,16)17)47-70(60)84(81)56-33-35-62-65(44-56)78(12,13)38-37-76(62,8)9/h18-36,41-48H,37-40H2,1-17H3. The van der Waals surface area contributed by atoms with Crippen molar-refractivity contribution in [2.24, 2.45) is 0 Å². The minimum Gasteiger partial charge on any atom is -0.376 e. The molecule has 14 rings (SSSR count). The van der Waals surface area contributed by atoms with Crippen LogP contribution in [0.1, 0.15) is 187 Å². The molecule has 9 aromatic carbocycles. The van der Waals surface area contributed by atoms with E-state index in [9.17, 15) is 0 Å². The lowest BCUT2D eigenvalue weighted by atomic mass is 9.43. The van der Waals surface area contributed by atoms with E-state index in [0.29, 0.717) is 0 Å². The van der Waals surface area contributed by atoms with E-state index in [0.717, 1.165) is 29.9 Å². The van der Waals surface area contributed by atoms with Crippen LogP contribution >= 0.6 is 0 Å². The topological polar surface area (TPSA) is 9.72 Å². The SMILES string of the molecule is Cc1cc2c(cc1N1c3ccc(N(c4ccc(C(C)(C)C)cc4)c4cccc(C(C)(C)C)c4)cc3B3c4c1cc1ccccc1c4-c1cc4c(cc1N3c1ccc3c(c1)C(C)(C)CCC3(C)C)-c1ccccc1C4(C)C)C(C)(C)CCC2(C)C. The van der Waals surface area contributed by atoms with Crippen molar-refractivity contribution >= 4 is 74.0 Å². The molecule has 0 aromatic heterocycles. The van der Waals surface area contributed by atoms with Crippen LogP contribution in [0.2, 0.25) is 0 Å². The van der Waals surface area contributed by atoms with Crippen LogP contribution in [0.3, 0.4) is 0 Å². The van der Waals surface area contributed by atoms with Crippen molar-refractivity contribution in [2.45, 2.75) is 181 Å². The number of anilines is 8. The molecule has 0 N–H and O–H groups in total. The lowest BCUT2D eigenvalue weighted by Gasteiger charge is -2.48. The van der Waals surface area contributed by atoms with Gasteiger partial charge in [0.15, 0.2) is 0 Å². The monoisotopic (exact) mass is 1100 g/mol. The van der Waals surface area contributed by atoms with Crippen molar-refractivity contribution in [1.82, 2.24) is 0 Å². The van der Waals surface area contributed by atoms with E-state index in [1.165, 1.54) is 135 Å². The third-order valence-corrected chi connectivity index (χ3v) is 21.4. The average molecular weight is 1100 g/mol. The number of fused-ring (bicyclic) bond motifs is 11. The summed E-state index contributed by atoms with van der Waals surface area (Å²) in [6.07, 6.45) is 4.64. The number of hydrogen-bond donors (Lipinski definition) is 0. The average Bonchev–Trinajstić information content (AvgIpc) is 0.950. The molecule has 5 aliphatic rings. The van der Waals surface area contributed by atoms with Crippen molar-refractivity contribution in [1.29, 1.82) is 0 Å². The Balaban J connectivity index is 1.13. The van der Waals surface area contributed by atoms with Gasteiger partial charge >= 0.3 is 6.85 Å². The first kappa shape index (κ1) is 54.6. The summed E-state index contributed by atoms with van der Waals surface area (Å²) in [5.41, 5.74) is 30.3. The molecule has 2 heterocycles.